The Bertz CT molecular complexity index is 1820. The Morgan fingerprint density at radius 3 is 2.18 bits per heavy atom. The fourth-order valence-corrected chi connectivity index (χ4v) is 7.31. The van der Waals surface area contributed by atoms with Crippen LogP contribution in [0.5, 0.6) is 5.75 Å². The number of Topliss-reactive ketones (excluding diaryl/α,β-unsaturated/α-hetero) is 1. The number of ether oxygens (including phenoxy) is 2. The van der Waals surface area contributed by atoms with E-state index < -0.39 is 84.2 Å². The molecule has 1 aliphatic heterocycles. The number of nitrogens with two attached hydrogens (primary N) is 1. The molecular formula is C42H58N8O10. The average molecular weight is 835 g/mol. The molecule has 5 atom stereocenters. The van der Waals surface area contributed by atoms with Crippen LogP contribution in [-0.4, -0.2) is 103 Å². The summed E-state index contributed by atoms with van der Waals surface area (Å²) in [6.45, 7) is 4.88. The number of anilines is 1. The summed E-state index contributed by atoms with van der Waals surface area (Å²) in [4.78, 5) is 108. The summed E-state index contributed by atoms with van der Waals surface area (Å²) in [7, 11) is 1.52. The van der Waals surface area contributed by atoms with E-state index in [9.17, 15) is 38.4 Å². The maximum absolute atomic E-state index is 14.6. The molecule has 8 N–H and O–H groups in total. The monoisotopic (exact) mass is 834 g/mol. The molecule has 8 amide bonds. The number of carbonyl (C=O) groups is 8. The van der Waals surface area contributed by atoms with E-state index in [0.29, 0.717) is 36.3 Å². The molecule has 1 aliphatic carbocycles. The first-order valence-corrected chi connectivity index (χ1v) is 20.4. The number of urea groups is 1. The van der Waals surface area contributed by atoms with Crippen molar-refractivity contribution in [2.45, 2.75) is 102 Å². The fraction of sp³-hybridized carbons (Fsp3) is 0.524. The minimum absolute atomic E-state index is 0.0442. The van der Waals surface area contributed by atoms with Crippen LogP contribution in [0.15, 0.2) is 54.6 Å². The van der Waals surface area contributed by atoms with Crippen LogP contribution in [0.3, 0.4) is 0 Å². The second kappa shape index (κ2) is 22.8. The third-order valence-electron chi connectivity index (χ3n) is 10.3. The molecule has 2 fully saturated rings. The summed E-state index contributed by atoms with van der Waals surface area (Å²) < 4.78 is 10.6. The highest BCUT2D eigenvalue weighted by molar-refractivity contribution is 6.38. The highest BCUT2D eigenvalue weighted by atomic mass is 16.5. The SMILES string of the molecule is CCCC(NC(=O)[C@@H]1C[C@H](NC(=O)Nc2ccc(OC)cc2)CN1C(=O)[C@@H](NC(=O)OCC(C)C)C1CCCCC1)C(=O)C(=O)NCC(=O)N[C@H](C(N)=O)c1ccccc1. The summed E-state index contributed by atoms with van der Waals surface area (Å²) in [5, 5.41) is 15.6. The topological polar surface area (TPSA) is 256 Å². The first-order valence-electron chi connectivity index (χ1n) is 20.4. The zero-order valence-electron chi connectivity index (χ0n) is 34.6. The number of likely N-dealkylation sites (tertiary alicyclic amines) is 1. The summed E-state index contributed by atoms with van der Waals surface area (Å²) in [5.41, 5.74) is 6.37. The van der Waals surface area contributed by atoms with Gasteiger partial charge < -0.3 is 52.0 Å². The molecule has 4 rings (SSSR count). The second-order valence-corrected chi connectivity index (χ2v) is 15.5. The molecule has 0 radical (unpaired) electrons. The first kappa shape index (κ1) is 46.5. The zero-order valence-corrected chi connectivity index (χ0v) is 34.6. The van der Waals surface area contributed by atoms with Gasteiger partial charge in [0, 0.05) is 12.2 Å². The lowest BCUT2D eigenvalue weighted by atomic mass is 9.83. The molecule has 1 unspecified atom stereocenters. The third-order valence-corrected chi connectivity index (χ3v) is 10.3. The molecule has 2 aliphatic rings. The van der Waals surface area contributed by atoms with Crippen LogP contribution >= 0.6 is 0 Å². The summed E-state index contributed by atoms with van der Waals surface area (Å²) >= 11 is 0. The Kier molecular flexibility index (Phi) is 17.7. The molecule has 2 aromatic carbocycles. The largest absolute Gasteiger partial charge is 0.497 e. The molecular weight excluding hydrogens is 777 g/mol. The molecule has 1 saturated heterocycles. The molecule has 18 nitrogen and oxygen atoms in total. The van der Waals surface area contributed by atoms with Gasteiger partial charge in [0.25, 0.3) is 5.91 Å². The molecule has 0 bridgehead atoms. The van der Waals surface area contributed by atoms with Gasteiger partial charge in [-0.3, -0.25) is 28.8 Å². The van der Waals surface area contributed by atoms with Crippen molar-refractivity contribution in [2.24, 2.45) is 17.6 Å². The number of nitrogens with zero attached hydrogens (tertiary/aromatic N) is 1. The molecule has 326 valence electrons. The van der Waals surface area contributed by atoms with Crippen molar-refractivity contribution >= 4 is 53.1 Å². The average Bonchev–Trinajstić information content (AvgIpc) is 3.66. The molecule has 0 aromatic heterocycles. The van der Waals surface area contributed by atoms with Gasteiger partial charge in [-0.25, -0.2) is 9.59 Å². The number of ketones is 1. The number of benzene rings is 2. The number of amides is 8. The van der Waals surface area contributed by atoms with Crippen LogP contribution in [0.1, 0.15) is 83.7 Å². The van der Waals surface area contributed by atoms with E-state index in [1.165, 1.54) is 12.0 Å². The van der Waals surface area contributed by atoms with Crippen molar-refractivity contribution in [1.82, 2.24) is 31.5 Å². The van der Waals surface area contributed by atoms with Gasteiger partial charge in [-0.1, -0.05) is 76.8 Å². The Morgan fingerprint density at radius 2 is 1.57 bits per heavy atom. The van der Waals surface area contributed by atoms with E-state index in [1.807, 2.05) is 13.8 Å². The van der Waals surface area contributed by atoms with Crippen LogP contribution in [0, 0.1) is 11.8 Å². The van der Waals surface area contributed by atoms with Crippen LogP contribution in [0.2, 0.25) is 0 Å². The molecule has 0 spiro atoms. The maximum atomic E-state index is 14.6. The molecule has 2 aromatic rings. The summed E-state index contributed by atoms with van der Waals surface area (Å²) in [6, 6.07) is 8.78. The minimum Gasteiger partial charge on any atom is -0.497 e. The predicted molar refractivity (Wildman–Crippen MR) is 220 cm³/mol. The molecule has 60 heavy (non-hydrogen) atoms. The number of carbonyl (C=O) groups excluding carboxylic acids is 8. The number of nitrogens with one attached hydrogen (secondary N) is 6. The number of hydrogen-bond donors (Lipinski definition) is 7. The van der Waals surface area contributed by atoms with Crippen molar-refractivity contribution in [3.05, 3.63) is 60.2 Å². The van der Waals surface area contributed by atoms with Gasteiger partial charge in [-0.05, 0) is 67.3 Å². The van der Waals surface area contributed by atoms with Crippen molar-refractivity contribution < 1.29 is 47.8 Å². The Balaban J connectivity index is 1.51. The van der Waals surface area contributed by atoms with Crippen molar-refractivity contribution in [3.8, 4) is 5.75 Å². The van der Waals surface area contributed by atoms with Crippen molar-refractivity contribution in [1.29, 1.82) is 0 Å². The van der Waals surface area contributed by atoms with Gasteiger partial charge in [-0.15, -0.1) is 0 Å². The normalized spacial score (nSPS) is 17.9. The number of methoxy groups -OCH3 is 1. The summed E-state index contributed by atoms with van der Waals surface area (Å²) in [6.07, 6.45) is 3.59. The number of rotatable bonds is 19. The summed E-state index contributed by atoms with van der Waals surface area (Å²) in [5.74, 6) is -4.71. The molecule has 1 heterocycles. The van der Waals surface area contributed by atoms with Crippen LogP contribution in [0.25, 0.3) is 0 Å². The molecule has 18 heteroatoms. The zero-order chi connectivity index (χ0) is 43.8. The Morgan fingerprint density at radius 1 is 0.883 bits per heavy atom. The van der Waals surface area contributed by atoms with Crippen molar-refractivity contribution in [2.75, 3.05) is 32.1 Å². The van der Waals surface area contributed by atoms with Gasteiger partial charge in [-0.2, -0.15) is 0 Å². The van der Waals surface area contributed by atoms with Crippen LogP contribution in [0.4, 0.5) is 15.3 Å². The molecule has 1 saturated carbocycles. The second-order valence-electron chi connectivity index (χ2n) is 15.5. The quantitative estimate of drug-likeness (QED) is 0.102. The fourth-order valence-electron chi connectivity index (χ4n) is 7.31. The highest BCUT2D eigenvalue weighted by Gasteiger charge is 2.45. The van der Waals surface area contributed by atoms with Gasteiger partial charge in [0.15, 0.2) is 0 Å². The van der Waals surface area contributed by atoms with Gasteiger partial charge in [0.1, 0.15) is 23.9 Å². The third kappa shape index (κ3) is 13.7. The maximum Gasteiger partial charge on any atom is 0.407 e. The highest BCUT2D eigenvalue weighted by Crippen LogP contribution is 2.30. The van der Waals surface area contributed by atoms with Gasteiger partial charge in [0.05, 0.1) is 32.3 Å². The van der Waals surface area contributed by atoms with E-state index in [0.717, 1.165) is 19.3 Å². The van der Waals surface area contributed by atoms with Crippen LogP contribution < -0.4 is 42.4 Å². The van der Waals surface area contributed by atoms with Gasteiger partial charge in [0.2, 0.25) is 29.4 Å². The van der Waals surface area contributed by atoms with E-state index >= 15 is 0 Å². The minimum atomic E-state index is -1.34. The Hall–Kier alpha value is -6.20. The van der Waals surface area contributed by atoms with E-state index in [2.05, 4.69) is 31.9 Å². The lowest BCUT2D eigenvalue weighted by Crippen LogP contribution is -2.58. The predicted octanol–water partition coefficient (Wildman–Crippen LogP) is 2.43. The lowest BCUT2D eigenvalue weighted by Gasteiger charge is -2.34. The first-order chi connectivity index (χ1) is 28.7. The van der Waals surface area contributed by atoms with E-state index in [4.69, 9.17) is 15.2 Å². The number of primary amides is 1. The smallest absolute Gasteiger partial charge is 0.407 e. The van der Waals surface area contributed by atoms with E-state index in [1.54, 1.807) is 61.5 Å². The van der Waals surface area contributed by atoms with Crippen molar-refractivity contribution in [3.63, 3.8) is 0 Å². The number of alkyl carbamates (subject to hydrolysis) is 1. The van der Waals surface area contributed by atoms with Crippen LogP contribution in [-0.2, 0) is 33.5 Å². The number of hydrogen-bond acceptors (Lipinski definition) is 10. The van der Waals surface area contributed by atoms with E-state index in [-0.39, 0.29) is 37.8 Å². The standard InChI is InChI=1S/C42H58N8O10/c1-5-12-31(36(52)39(55)44-22-33(51)48-34(37(43)53)26-13-8-6-9-14-26)47-38(54)32-21-29(46-41(57)45-28-17-19-30(59-4)20-18-28)23-50(32)40(56)35(27-15-10-7-11-16-27)49-42(58)60-24-25(2)3/h6,8-9,13-14,17-20,25,27,29,31-32,34-35H,5,7,10-12,15-16,21-24H2,1-4H3,(H2,43,53)(H,44,55)(H,47,54)(H,48,51)(H,49,58)(H2,45,46,57)/t29-,31?,32-,34-,35-/m0/s1. The lowest BCUT2D eigenvalue weighted by molar-refractivity contribution is -0.143. The van der Waals surface area contributed by atoms with Gasteiger partial charge >= 0.3 is 12.1 Å². The Labute approximate surface area is 349 Å².